The van der Waals surface area contributed by atoms with Crippen molar-refractivity contribution in [1.82, 2.24) is 14.7 Å². The average Bonchev–Trinajstić information content (AvgIpc) is 3.11. The van der Waals surface area contributed by atoms with Crippen LogP contribution in [0.1, 0.15) is 25.8 Å². The second kappa shape index (κ2) is 15.4. The molecule has 0 saturated carbocycles. The van der Waals surface area contributed by atoms with E-state index in [1.165, 1.54) is 0 Å². The molecule has 4 amide bonds. The van der Waals surface area contributed by atoms with Gasteiger partial charge in [-0.3, -0.25) is 14.5 Å². The smallest absolute Gasteiger partial charge is 0.321 e. The Balaban J connectivity index is 1.32. The van der Waals surface area contributed by atoms with Crippen LogP contribution in [-0.4, -0.2) is 109 Å². The maximum absolute atomic E-state index is 13.6. The number of ether oxygens (including phenoxy) is 2. The minimum atomic E-state index is -0.463. The Labute approximate surface area is 270 Å². The summed E-state index contributed by atoms with van der Waals surface area (Å²) in [6.07, 6.45) is -0.0648. The first-order valence-corrected chi connectivity index (χ1v) is 16.0. The first kappa shape index (κ1) is 33.2. The Morgan fingerprint density at radius 3 is 2.61 bits per heavy atom. The second-order valence-corrected chi connectivity index (χ2v) is 12.3. The molecule has 3 N–H and O–H groups in total. The van der Waals surface area contributed by atoms with Gasteiger partial charge in [0.05, 0.1) is 44.5 Å². The predicted molar refractivity (Wildman–Crippen MR) is 178 cm³/mol. The second-order valence-electron chi connectivity index (χ2n) is 12.3. The molecular weight excluding hydrogens is 586 g/mol. The largest absolute Gasteiger partial charge is 0.488 e. The molecule has 2 aliphatic rings. The molecule has 3 aromatic carbocycles. The number of benzene rings is 3. The highest BCUT2D eigenvalue weighted by Gasteiger charge is 2.32. The van der Waals surface area contributed by atoms with Gasteiger partial charge in [0.1, 0.15) is 11.9 Å². The first-order valence-electron chi connectivity index (χ1n) is 16.0. The van der Waals surface area contributed by atoms with E-state index in [1.807, 2.05) is 56.3 Å². The Hall–Kier alpha value is -4.19. The van der Waals surface area contributed by atoms with Crippen LogP contribution in [0.2, 0.25) is 0 Å². The summed E-state index contributed by atoms with van der Waals surface area (Å²) >= 11 is 0. The third kappa shape index (κ3) is 8.34. The van der Waals surface area contributed by atoms with E-state index in [9.17, 15) is 19.5 Å². The summed E-state index contributed by atoms with van der Waals surface area (Å²) < 4.78 is 12.0. The zero-order valence-corrected chi connectivity index (χ0v) is 26.9. The number of carbonyl (C=O) groups excluding carboxylic acids is 3. The maximum Gasteiger partial charge on any atom is 0.321 e. The number of aliphatic hydroxyl groups excluding tert-OH is 1. The van der Waals surface area contributed by atoms with Crippen LogP contribution in [0.5, 0.6) is 5.75 Å². The minimum Gasteiger partial charge on any atom is -0.488 e. The fourth-order valence-electron chi connectivity index (χ4n) is 5.93. The van der Waals surface area contributed by atoms with E-state index in [0.717, 1.165) is 29.5 Å². The predicted octanol–water partition coefficient (Wildman–Crippen LogP) is 3.81. The molecule has 0 aromatic heterocycles. The monoisotopic (exact) mass is 631 g/mol. The normalized spacial score (nSPS) is 19.7. The number of rotatable bonds is 9. The number of aliphatic hydroxyl groups is 1. The van der Waals surface area contributed by atoms with Crippen molar-refractivity contribution < 1.29 is 29.0 Å². The highest BCUT2D eigenvalue weighted by atomic mass is 16.5. The fourth-order valence-corrected chi connectivity index (χ4v) is 5.93. The summed E-state index contributed by atoms with van der Waals surface area (Å²) in [7, 11) is 1.72. The number of amides is 4. The van der Waals surface area contributed by atoms with Gasteiger partial charge >= 0.3 is 6.03 Å². The lowest BCUT2D eigenvalue weighted by atomic mass is 10.0. The molecule has 3 aromatic rings. The number of hydrogen-bond donors (Lipinski definition) is 3. The molecule has 0 bridgehead atoms. The Morgan fingerprint density at radius 1 is 1.07 bits per heavy atom. The van der Waals surface area contributed by atoms with Crippen LogP contribution in [0.4, 0.5) is 16.2 Å². The van der Waals surface area contributed by atoms with E-state index < -0.39 is 12.1 Å². The highest BCUT2D eigenvalue weighted by molar-refractivity contribution is 6.01. The van der Waals surface area contributed by atoms with Crippen molar-refractivity contribution in [2.45, 2.75) is 38.8 Å². The number of nitrogens with zero attached hydrogens (tertiary/aromatic N) is 3. The van der Waals surface area contributed by atoms with Gasteiger partial charge in [-0.1, -0.05) is 43.3 Å². The van der Waals surface area contributed by atoms with Gasteiger partial charge in [-0.05, 0) is 36.6 Å². The third-order valence-corrected chi connectivity index (χ3v) is 8.79. The van der Waals surface area contributed by atoms with Crippen LogP contribution >= 0.6 is 0 Å². The summed E-state index contributed by atoms with van der Waals surface area (Å²) in [4.78, 5) is 45.2. The summed E-state index contributed by atoms with van der Waals surface area (Å²) in [6, 6.07) is 18.3. The molecule has 0 spiro atoms. The molecule has 0 unspecified atom stereocenters. The zero-order chi connectivity index (χ0) is 32.6. The molecular formula is C35H45N5O6. The molecule has 3 atom stereocenters. The van der Waals surface area contributed by atoms with Gasteiger partial charge < -0.3 is 35.0 Å². The molecule has 1 fully saturated rings. The van der Waals surface area contributed by atoms with Crippen LogP contribution in [0, 0.1) is 5.92 Å². The minimum absolute atomic E-state index is 0.0496. The summed E-state index contributed by atoms with van der Waals surface area (Å²) in [5.74, 6) is 0.105. The van der Waals surface area contributed by atoms with E-state index in [0.29, 0.717) is 49.7 Å². The van der Waals surface area contributed by atoms with Crippen molar-refractivity contribution in [3.05, 3.63) is 66.2 Å². The molecule has 2 heterocycles. The van der Waals surface area contributed by atoms with Crippen molar-refractivity contribution in [3.63, 3.8) is 0 Å². The summed E-state index contributed by atoms with van der Waals surface area (Å²) in [6.45, 7) is 7.86. The van der Waals surface area contributed by atoms with Gasteiger partial charge in [-0.2, -0.15) is 0 Å². The van der Waals surface area contributed by atoms with E-state index >= 15 is 0 Å². The number of nitrogens with one attached hydrogen (secondary N) is 2. The first-order chi connectivity index (χ1) is 22.2. The van der Waals surface area contributed by atoms with Crippen LogP contribution in [0.15, 0.2) is 60.7 Å². The van der Waals surface area contributed by atoms with Gasteiger partial charge in [0, 0.05) is 62.2 Å². The van der Waals surface area contributed by atoms with Gasteiger partial charge in [0.15, 0.2) is 0 Å². The lowest BCUT2D eigenvalue weighted by molar-refractivity contribution is -0.134. The van der Waals surface area contributed by atoms with Crippen LogP contribution in [0.25, 0.3) is 10.8 Å². The number of hydrogen-bond acceptors (Lipinski definition) is 7. The highest BCUT2D eigenvalue weighted by Crippen LogP contribution is 2.30. The molecule has 2 aliphatic heterocycles. The summed E-state index contributed by atoms with van der Waals surface area (Å²) in [5.41, 5.74) is 1.93. The lowest BCUT2D eigenvalue weighted by Gasteiger charge is -2.34. The van der Waals surface area contributed by atoms with E-state index in [2.05, 4.69) is 15.5 Å². The third-order valence-electron chi connectivity index (χ3n) is 8.79. The molecule has 246 valence electrons. The number of anilines is 2. The van der Waals surface area contributed by atoms with Crippen molar-refractivity contribution >= 4 is 40.0 Å². The zero-order valence-electron chi connectivity index (χ0n) is 26.9. The van der Waals surface area contributed by atoms with Crippen LogP contribution in [-0.2, 0) is 20.7 Å². The quantitative estimate of drug-likeness (QED) is 0.328. The number of fused-ring (bicyclic) bond motifs is 2. The van der Waals surface area contributed by atoms with Crippen molar-refractivity contribution in [2.75, 3.05) is 70.2 Å². The Bertz CT molecular complexity index is 1520. The molecule has 11 nitrogen and oxygen atoms in total. The number of urea groups is 1. The maximum atomic E-state index is 13.6. The summed E-state index contributed by atoms with van der Waals surface area (Å²) in [5, 5.41) is 17.9. The Kier molecular flexibility index (Phi) is 11.1. The van der Waals surface area contributed by atoms with Crippen molar-refractivity contribution in [3.8, 4) is 5.75 Å². The molecule has 0 aliphatic carbocycles. The molecule has 46 heavy (non-hydrogen) atoms. The van der Waals surface area contributed by atoms with Gasteiger partial charge in [0.25, 0.3) is 0 Å². The van der Waals surface area contributed by atoms with Crippen LogP contribution in [0.3, 0.4) is 0 Å². The average molecular weight is 632 g/mol. The lowest BCUT2D eigenvalue weighted by Crippen LogP contribution is -2.48. The number of morpholine rings is 1. The SMILES string of the molecule is C[C@H](CO)N1C[C@H](C)[C@H](CN(C)C(=O)Nc2cccc3ccccc23)Oc2ccc(NC(=O)CCN3CCOCC3)cc2CC1=O. The van der Waals surface area contributed by atoms with E-state index in [-0.39, 0.29) is 43.3 Å². The van der Waals surface area contributed by atoms with E-state index in [4.69, 9.17) is 9.47 Å². The molecule has 5 rings (SSSR count). The van der Waals surface area contributed by atoms with E-state index in [1.54, 1.807) is 35.0 Å². The molecule has 11 heteroatoms. The van der Waals surface area contributed by atoms with Gasteiger partial charge in [-0.15, -0.1) is 0 Å². The molecule has 1 saturated heterocycles. The van der Waals surface area contributed by atoms with Gasteiger partial charge in [0.2, 0.25) is 11.8 Å². The Morgan fingerprint density at radius 2 is 1.83 bits per heavy atom. The number of carbonyl (C=O) groups is 3. The topological polar surface area (TPSA) is 124 Å². The fraction of sp³-hybridized carbons (Fsp3) is 0.457. The van der Waals surface area contributed by atoms with Crippen molar-refractivity contribution in [2.24, 2.45) is 5.92 Å². The molecule has 0 radical (unpaired) electrons. The van der Waals surface area contributed by atoms with Crippen LogP contribution < -0.4 is 15.4 Å². The standard InChI is InChI=1S/C35H45N5O6/c1-24-21-40(25(2)23-41)34(43)20-27-19-28(36-33(42)13-14-39-15-17-45-18-16-39)11-12-31(27)46-32(24)22-38(3)35(44)37-30-10-6-8-26-7-4-5-9-29(26)30/h4-12,19,24-25,32,41H,13-18,20-23H2,1-3H3,(H,36,42)(H,37,44)/t24-,25+,32-/m0/s1. The van der Waals surface area contributed by atoms with Crippen molar-refractivity contribution in [1.29, 1.82) is 0 Å². The van der Waals surface area contributed by atoms with Gasteiger partial charge in [-0.25, -0.2) is 4.79 Å². The number of likely N-dealkylation sites (N-methyl/N-ethyl adjacent to an activating group) is 1.